The fourth-order valence-corrected chi connectivity index (χ4v) is 3.82. The Morgan fingerprint density at radius 2 is 2.00 bits per heavy atom. The van der Waals surface area contributed by atoms with Gasteiger partial charge in [-0.3, -0.25) is 0 Å². The zero-order chi connectivity index (χ0) is 17.1. The molecule has 1 fully saturated rings. The fraction of sp³-hybridized carbons (Fsp3) is 0.556. The van der Waals surface area contributed by atoms with Crippen molar-refractivity contribution in [2.75, 3.05) is 11.4 Å². The summed E-state index contributed by atoms with van der Waals surface area (Å²) in [6.07, 6.45) is 3.40. The standard InChI is InChI=1S/C18H23N7/c1-11(2)17-19-13-10-24(9-8-14(13)23(17)3)16-7-6-15-20-21-18(12-4-5-12)25(15)22-16/h6-7,11-12H,4-5,8-10H2,1-3H3. The van der Waals surface area contributed by atoms with Crippen molar-refractivity contribution in [1.82, 2.24) is 29.4 Å². The van der Waals surface area contributed by atoms with Crippen molar-refractivity contribution in [2.24, 2.45) is 7.05 Å². The molecule has 7 nitrogen and oxygen atoms in total. The molecule has 1 aliphatic heterocycles. The third-order valence-corrected chi connectivity index (χ3v) is 5.35. The Kier molecular flexibility index (Phi) is 3.14. The smallest absolute Gasteiger partial charge is 0.178 e. The van der Waals surface area contributed by atoms with E-state index in [2.05, 4.69) is 46.6 Å². The average molecular weight is 337 g/mol. The van der Waals surface area contributed by atoms with Gasteiger partial charge in [0.15, 0.2) is 11.5 Å². The average Bonchev–Trinajstić information content (AvgIpc) is 3.28. The van der Waals surface area contributed by atoms with Gasteiger partial charge in [-0.2, -0.15) is 4.52 Å². The van der Waals surface area contributed by atoms with Gasteiger partial charge in [0.1, 0.15) is 11.6 Å². The highest BCUT2D eigenvalue weighted by atomic mass is 15.4. The molecule has 3 aromatic heterocycles. The maximum atomic E-state index is 4.90. The molecule has 2 aliphatic rings. The van der Waals surface area contributed by atoms with Crippen LogP contribution >= 0.6 is 0 Å². The Morgan fingerprint density at radius 3 is 2.76 bits per heavy atom. The minimum atomic E-state index is 0.441. The van der Waals surface area contributed by atoms with Gasteiger partial charge in [-0.05, 0) is 25.0 Å². The molecule has 3 aromatic rings. The van der Waals surface area contributed by atoms with Crippen LogP contribution < -0.4 is 4.90 Å². The third-order valence-electron chi connectivity index (χ3n) is 5.35. The molecule has 0 saturated heterocycles. The van der Waals surface area contributed by atoms with Crippen molar-refractivity contribution in [3.8, 4) is 0 Å². The van der Waals surface area contributed by atoms with Gasteiger partial charge in [0, 0.05) is 37.5 Å². The number of anilines is 1. The summed E-state index contributed by atoms with van der Waals surface area (Å²) in [6.45, 7) is 6.18. The Bertz CT molecular complexity index is 948. The van der Waals surface area contributed by atoms with Crippen LogP contribution in [-0.2, 0) is 20.0 Å². The second-order valence-corrected chi connectivity index (χ2v) is 7.54. The molecular weight excluding hydrogens is 314 g/mol. The summed E-state index contributed by atoms with van der Waals surface area (Å²) < 4.78 is 4.21. The minimum absolute atomic E-state index is 0.441. The zero-order valence-corrected chi connectivity index (χ0v) is 15.0. The summed E-state index contributed by atoms with van der Waals surface area (Å²) in [7, 11) is 2.14. The van der Waals surface area contributed by atoms with Crippen molar-refractivity contribution in [3.63, 3.8) is 0 Å². The molecule has 25 heavy (non-hydrogen) atoms. The number of nitrogens with zero attached hydrogens (tertiary/aromatic N) is 7. The van der Waals surface area contributed by atoms with E-state index in [1.54, 1.807) is 0 Å². The lowest BCUT2D eigenvalue weighted by molar-refractivity contribution is 0.653. The number of hydrogen-bond donors (Lipinski definition) is 0. The van der Waals surface area contributed by atoms with Crippen LogP contribution in [0.25, 0.3) is 5.65 Å². The summed E-state index contributed by atoms with van der Waals surface area (Å²) in [4.78, 5) is 7.21. The summed E-state index contributed by atoms with van der Waals surface area (Å²) in [5.74, 6) is 4.14. The van der Waals surface area contributed by atoms with E-state index in [4.69, 9.17) is 10.1 Å². The topological polar surface area (TPSA) is 64.1 Å². The van der Waals surface area contributed by atoms with Crippen LogP contribution in [0.1, 0.15) is 61.6 Å². The molecule has 5 rings (SSSR count). The van der Waals surface area contributed by atoms with Crippen molar-refractivity contribution in [1.29, 1.82) is 0 Å². The van der Waals surface area contributed by atoms with Crippen molar-refractivity contribution < 1.29 is 0 Å². The first-order valence-corrected chi connectivity index (χ1v) is 9.13. The fourth-order valence-electron chi connectivity index (χ4n) is 3.82. The van der Waals surface area contributed by atoms with E-state index in [0.29, 0.717) is 11.8 Å². The van der Waals surface area contributed by atoms with Gasteiger partial charge in [0.25, 0.3) is 0 Å². The largest absolute Gasteiger partial charge is 0.349 e. The quantitative estimate of drug-likeness (QED) is 0.734. The van der Waals surface area contributed by atoms with Crippen molar-refractivity contribution in [2.45, 2.75) is 51.5 Å². The van der Waals surface area contributed by atoms with Crippen LogP contribution in [0.4, 0.5) is 5.82 Å². The summed E-state index contributed by atoms with van der Waals surface area (Å²) in [6, 6.07) is 4.08. The number of fused-ring (bicyclic) bond motifs is 2. The molecule has 1 saturated carbocycles. The molecule has 130 valence electrons. The number of hydrogen-bond acceptors (Lipinski definition) is 5. The highest BCUT2D eigenvalue weighted by Gasteiger charge is 2.30. The van der Waals surface area contributed by atoms with Gasteiger partial charge in [-0.15, -0.1) is 15.3 Å². The summed E-state index contributed by atoms with van der Waals surface area (Å²) >= 11 is 0. The molecule has 0 amide bonds. The normalized spacial score (nSPS) is 17.5. The van der Waals surface area contributed by atoms with E-state index in [1.165, 1.54) is 30.1 Å². The lowest BCUT2D eigenvalue weighted by Gasteiger charge is -2.27. The molecule has 0 unspecified atom stereocenters. The maximum Gasteiger partial charge on any atom is 0.178 e. The van der Waals surface area contributed by atoms with Crippen LogP contribution in [0.3, 0.4) is 0 Å². The van der Waals surface area contributed by atoms with Gasteiger partial charge in [-0.1, -0.05) is 13.8 Å². The van der Waals surface area contributed by atoms with Crippen LogP contribution in [-0.4, -0.2) is 35.9 Å². The van der Waals surface area contributed by atoms with Crippen LogP contribution in [0.2, 0.25) is 0 Å². The predicted octanol–water partition coefficient (Wildman–Crippen LogP) is 2.42. The number of imidazole rings is 1. The van der Waals surface area contributed by atoms with Gasteiger partial charge in [0.05, 0.1) is 12.2 Å². The Hall–Kier alpha value is -2.44. The number of rotatable bonds is 3. The van der Waals surface area contributed by atoms with Crippen molar-refractivity contribution in [3.05, 3.63) is 35.2 Å². The number of aromatic nitrogens is 6. The first-order chi connectivity index (χ1) is 12.1. The molecule has 1 aliphatic carbocycles. The third kappa shape index (κ3) is 2.33. The van der Waals surface area contributed by atoms with Gasteiger partial charge in [0.2, 0.25) is 0 Å². The van der Waals surface area contributed by atoms with Crippen LogP contribution in [0.5, 0.6) is 0 Å². The molecule has 0 spiro atoms. The van der Waals surface area contributed by atoms with E-state index in [1.807, 2.05) is 10.6 Å². The van der Waals surface area contributed by atoms with E-state index < -0.39 is 0 Å². The van der Waals surface area contributed by atoms with Gasteiger partial charge < -0.3 is 9.47 Å². The molecule has 4 heterocycles. The molecule has 7 heteroatoms. The first-order valence-electron chi connectivity index (χ1n) is 9.13. The Balaban J connectivity index is 1.49. The van der Waals surface area contributed by atoms with Crippen molar-refractivity contribution >= 4 is 11.5 Å². The molecule has 0 bridgehead atoms. The van der Waals surface area contributed by atoms with Gasteiger partial charge in [-0.25, -0.2) is 4.98 Å². The van der Waals surface area contributed by atoms with E-state index >= 15 is 0 Å². The summed E-state index contributed by atoms with van der Waals surface area (Å²) in [5, 5.41) is 13.4. The maximum absolute atomic E-state index is 4.90. The summed E-state index contributed by atoms with van der Waals surface area (Å²) in [5.41, 5.74) is 3.39. The molecule has 0 aromatic carbocycles. The first kappa shape index (κ1) is 14.9. The van der Waals surface area contributed by atoms with Crippen LogP contribution in [0, 0.1) is 0 Å². The Morgan fingerprint density at radius 1 is 1.16 bits per heavy atom. The second kappa shape index (κ2) is 5.28. The molecule has 0 N–H and O–H groups in total. The van der Waals surface area contributed by atoms with E-state index in [0.717, 1.165) is 36.8 Å². The molecular formula is C18H23N7. The zero-order valence-electron chi connectivity index (χ0n) is 15.0. The SMILES string of the molecule is CC(C)c1nc2c(n1C)CCN(c1ccc3nnc(C4CC4)n3n1)C2. The van der Waals surface area contributed by atoms with E-state index in [9.17, 15) is 0 Å². The highest BCUT2D eigenvalue weighted by molar-refractivity contribution is 5.47. The molecule has 0 radical (unpaired) electrons. The van der Waals surface area contributed by atoms with E-state index in [-0.39, 0.29) is 0 Å². The lowest BCUT2D eigenvalue weighted by Crippen LogP contribution is -2.32. The van der Waals surface area contributed by atoms with Crippen LogP contribution in [0.15, 0.2) is 12.1 Å². The lowest BCUT2D eigenvalue weighted by atomic mass is 10.1. The predicted molar refractivity (Wildman–Crippen MR) is 94.8 cm³/mol. The molecule has 0 atom stereocenters. The minimum Gasteiger partial charge on any atom is -0.349 e. The van der Waals surface area contributed by atoms with Gasteiger partial charge >= 0.3 is 0 Å². The highest BCUT2D eigenvalue weighted by Crippen LogP contribution is 2.38. The Labute approximate surface area is 146 Å². The monoisotopic (exact) mass is 337 g/mol. The second-order valence-electron chi connectivity index (χ2n) is 7.54.